The lowest BCUT2D eigenvalue weighted by Crippen LogP contribution is -2.32. The van der Waals surface area contributed by atoms with Crippen molar-refractivity contribution in [3.63, 3.8) is 0 Å². The van der Waals surface area contributed by atoms with Gasteiger partial charge in [0.05, 0.1) is 0 Å². The average molecular weight is 138 g/mol. The minimum atomic E-state index is 0.759. The van der Waals surface area contributed by atoms with Gasteiger partial charge in [0.1, 0.15) is 0 Å². The van der Waals surface area contributed by atoms with Crippen LogP contribution in [0.15, 0.2) is 5.10 Å². The van der Waals surface area contributed by atoms with E-state index in [1.807, 2.05) is 0 Å². The Balaban J connectivity index is 2.15. The van der Waals surface area contributed by atoms with Gasteiger partial charge in [0.25, 0.3) is 0 Å². The summed E-state index contributed by atoms with van der Waals surface area (Å²) in [6.07, 6.45) is 6.73. The van der Waals surface area contributed by atoms with Crippen molar-refractivity contribution in [3.05, 3.63) is 0 Å². The summed E-state index contributed by atoms with van der Waals surface area (Å²) in [5, 5.41) is 3.85. The molecule has 56 valence electrons. The molecule has 0 aliphatic heterocycles. The van der Waals surface area contributed by atoms with Gasteiger partial charge in [0.15, 0.2) is 0 Å². The number of rotatable bonds is 0. The Hall–Kier alpha value is -0.530. The van der Waals surface area contributed by atoms with Crippen LogP contribution in [0.4, 0.5) is 0 Å². The van der Waals surface area contributed by atoms with Crippen molar-refractivity contribution in [1.82, 2.24) is 0 Å². The van der Waals surface area contributed by atoms with Gasteiger partial charge in [-0.05, 0) is 43.9 Å². The molecular formula is C8H14N2. The van der Waals surface area contributed by atoms with Crippen molar-refractivity contribution in [3.8, 4) is 0 Å². The molecule has 3 aliphatic rings. The van der Waals surface area contributed by atoms with Crippen LogP contribution in [0.5, 0.6) is 0 Å². The second-order valence-corrected chi connectivity index (χ2v) is 3.54. The Morgan fingerprint density at radius 1 is 1.20 bits per heavy atom. The van der Waals surface area contributed by atoms with Gasteiger partial charge in [-0.25, -0.2) is 0 Å². The Morgan fingerprint density at radius 2 is 1.90 bits per heavy atom. The third-order valence-electron chi connectivity index (χ3n) is 2.98. The highest BCUT2D eigenvalue weighted by atomic mass is 15.1. The molecule has 0 unspecified atom stereocenters. The lowest BCUT2D eigenvalue weighted by Gasteiger charge is -2.36. The van der Waals surface area contributed by atoms with Crippen molar-refractivity contribution in [2.24, 2.45) is 22.8 Å². The second kappa shape index (κ2) is 2.26. The maximum atomic E-state index is 5.28. The topological polar surface area (TPSA) is 38.4 Å². The number of nitrogens with two attached hydrogens (primary N) is 1. The molecule has 0 saturated heterocycles. The fraction of sp³-hybridized carbons (Fsp3) is 0.875. The molecule has 10 heavy (non-hydrogen) atoms. The van der Waals surface area contributed by atoms with E-state index in [2.05, 4.69) is 5.10 Å². The zero-order valence-corrected chi connectivity index (χ0v) is 6.21. The van der Waals surface area contributed by atoms with E-state index in [-0.39, 0.29) is 0 Å². The summed E-state index contributed by atoms with van der Waals surface area (Å²) in [7, 11) is 0. The van der Waals surface area contributed by atoms with Crippen LogP contribution in [0, 0.1) is 11.8 Å². The second-order valence-electron chi connectivity index (χ2n) is 3.54. The molecule has 2 heteroatoms. The summed E-state index contributed by atoms with van der Waals surface area (Å²) >= 11 is 0. The van der Waals surface area contributed by atoms with Crippen molar-refractivity contribution >= 4 is 5.71 Å². The summed E-state index contributed by atoms with van der Waals surface area (Å²) < 4.78 is 0. The van der Waals surface area contributed by atoms with Gasteiger partial charge in [0.2, 0.25) is 0 Å². The zero-order valence-electron chi connectivity index (χ0n) is 6.21. The Kier molecular flexibility index (Phi) is 1.40. The first-order valence-corrected chi connectivity index (χ1v) is 4.17. The number of hydrogen-bond acceptors (Lipinski definition) is 2. The van der Waals surface area contributed by atoms with Gasteiger partial charge < -0.3 is 5.84 Å². The van der Waals surface area contributed by atoms with E-state index in [0.717, 1.165) is 11.8 Å². The van der Waals surface area contributed by atoms with Crippen molar-refractivity contribution in [1.29, 1.82) is 0 Å². The van der Waals surface area contributed by atoms with Crippen LogP contribution in [0.1, 0.15) is 32.1 Å². The molecule has 3 fully saturated rings. The predicted molar refractivity (Wildman–Crippen MR) is 41.7 cm³/mol. The summed E-state index contributed by atoms with van der Waals surface area (Å²) in [5.41, 5.74) is 1.29. The van der Waals surface area contributed by atoms with Crippen molar-refractivity contribution < 1.29 is 0 Å². The highest BCUT2D eigenvalue weighted by Gasteiger charge is 2.32. The molecule has 0 amide bonds. The maximum Gasteiger partial charge on any atom is 0.0409 e. The quantitative estimate of drug-likeness (QED) is 0.400. The molecule has 0 spiro atoms. The first-order chi connectivity index (χ1) is 4.90. The van der Waals surface area contributed by atoms with Gasteiger partial charge in [-0.3, -0.25) is 0 Å². The Labute approximate surface area is 61.5 Å². The van der Waals surface area contributed by atoms with E-state index in [0.29, 0.717) is 0 Å². The highest BCUT2D eigenvalue weighted by molar-refractivity contribution is 5.88. The molecule has 3 saturated carbocycles. The van der Waals surface area contributed by atoms with E-state index < -0.39 is 0 Å². The number of nitrogens with zero attached hydrogens (tertiary/aromatic N) is 1. The molecule has 3 rings (SSSR count). The van der Waals surface area contributed by atoms with Gasteiger partial charge in [0, 0.05) is 5.71 Å². The molecular weight excluding hydrogens is 124 g/mol. The van der Waals surface area contributed by atoms with Crippen LogP contribution >= 0.6 is 0 Å². The highest BCUT2D eigenvalue weighted by Crippen LogP contribution is 2.39. The molecule has 2 nitrogen and oxygen atoms in total. The van der Waals surface area contributed by atoms with E-state index in [4.69, 9.17) is 5.84 Å². The lowest BCUT2D eigenvalue weighted by atomic mass is 9.70. The monoisotopic (exact) mass is 138 g/mol. The first-order valence-electron chi connectivity index (χ1n) is 4.17. The fourth-order valence-corrected chi connectivity index (χ4v) is 2.32. The normalized spacial score (nSPS) is 42.6. The SMILES string of the molecule is N/N=C1/CC2CCC1CC2. The predicted octanol–water partition coefficient (Wildman–Crippen LogP) is 1.51. The summed E-state index contributed by atoms with van der Waals surface area (Å²) in [4.78, 5) is 0. The molecule has 3 aliphatic carbocycles. The van der Waals surface area contributed by atoms with Crippen LogP contribution in [0.25, 0.3) is 0 Å². The van der Waals surface area contributed by atoms with Crippen LogP contribution in [0.2, 0.25) is 0 Å². The van der Waals surface area contributed by atoms with E-state index >= 15 is 0 Å². The zero-order chi connectivity index (χ0) is 6.97. The summed E-state index contributed by atoms with van der Waals surface area (Å²) in [6, 6.07) is 0. The summed E-state index contributed by atoms with van der Waals surface area (Å²) in [6.45, 7) is 0. The molecule has 0 heterocycles. The van der Waals surface area contributed by atoms with E-state index in [1.165, 1.54) is 37.8 Å². The number of hydrogen-bond donors (Lipinski definition) is 1. The number of fused-ring (bicyclic) bond motifs is 3. The average Bonchev–Trinajstić information content (AvgIpc) is 2.06. The summed E-state index contributed by atoms with van der Waals surface area (Å²) in [5.74, 6) is 6.96. The third kappa shape index (κ3) is 0.825. The molecule has 2 bridgehead atoms. The van der Waals surface area contributed by atoms with Crippen molar-refractivity contribution in [2.75, 3.05) is 0 Å². The first kappa shape index (κ1) is 6.20. The molecule has 0 aromatic carbocycles. The van der Waals surface area contributed by atoms with Crippen LogP contribution < -0.4 is 5.84 Å². The third-order valence-corrected chi connectivity index (χ3v) is 2.98. The van der Waals surface area contributed by atoms with Gasteiger partial charge in [-0.15, -0.1) is 0 Å². The van der Waals surface area contributed by atoms with Gasteiger partial charge >= 0.3 is 0 Å². The Bertz CT molecular complexity index is 155. The number of hydrazone groups is 1. The largest absolute Gasteiger partial charge is 0.323 e. The van der Waals surface area contributed by atoms with Crippen molar-refractivity contribution in [2.45, 2.75) is 32.1 Å². The maximum absolute atomic E-state index is 5.28. The molecule has 2 N–H and O–H groups in total. The lowest BCUT2D eigenvalue weighted by molar-refractivity contribution is 0.287. The van der Waals surface area contributed by atoms with Crippen LogP contribution in [-0.2, 0) is 0 Å². The minimum absolute atomic E-state index is 0.759. The van der Waals surface area contributed by atoms with E-state index in [1.54, 1.807) is 0 Å². The minimum Gasteiger partial charge on any atom is -0.323 e. The van der Waals surface area contributed by atoms with Crippen LogP contribution in [-0.4, -0.2) is 5.71 Å². The molecule has 0 aromatic rings. The molecule has 0 aromatic heterocycles. The van der Waals surface area contributed by atoms with Gasteiger partial charge in [-0.1, -0.05) is 0 Å². The smallest absolute Gasteiger partial charge is 0.0409 e. The molecule has 0 radical (unpaired) electrons. The Morgan fingerprint density at radius 3 is 2.20 bits per heavy atom. The van der Waals surface area contributed by atoms with E-state index in [9.17, 15) is 0 Å². The molecule has 0 atom stereocenters. The van der Waals surface area contributed by atoms with Crippen LogP contribution in [0.3, 0.4) is 0 Å². The fourth-order valence-electron chi connectivity index (χ4n) is 2.32. The van der Waals surface area contributed by atoms with Gasteiger partial charge in [-0.2, -0.15) is 5.10 Å². The standard InChI is InChI=1S/C8H14N2/c9-10-8-5-6-1-3-7(8)4-2-6/h6-7H,1-5,9H2/b10-8-.